The second kappa shape index (κ2) is 9.14. The largest absolute Gasteiger partial charge is 0.322 e. The SMILES string of the molecule is CCC(c1nnnn1C(C)(C)C)N(Cc1cc2cc(C)ccc2[nH]c1=O)C1CCCCC1. The number of benzene rings is 1. The summed E-state index contributed by atoms with van der Waals surface area (Å²) in [6, 6.07) is 8.70. The number of pyridine rings is 1. The zero-order valence-corrected chi connectivity index (χ0v) is 20.1. The van der Waals surface area contributed by atoms with Gasteiger partial charge in [-0.15, -0.1) is 5.10 Å². The number of aromatic nitrogens is 5. The van der Waals surface area contributed by atoms with Gasteiger partial charge in [0.15, 0.2) is 5.82 Å². The summed E-state index contributed by atoms with van der Waals surface area (Å²) >= 11 is 0. The lowest BCUT2D eigenvalue weighted by Gasteiger charge is -2.39. The molecule has 4 rings (SSSR count). The predicted octanol–water partition coefficient (Wildman–Crippen LogP) is 4.86. The number of hydrogen-bond acceptors (Lipinski definition) is 5. The van der Waals surface area contributed by atoms with Gasteiger partial charge in [0.2, 0.25) is 0 Å². The molecule has 3 aromatic rings. The number of nitrogens with one attached hydrogen (secondary N) is 1. The van der Waals surface area contributed by atoms with Gasteiger partial charge in [0.05, 0.1) is 11.6 Å². The molecule has 0 aliphatic heterocycles. The van der Waals surface area contributed by atoms with Crippen LogP contribution >= 0.6 is 0 Å². The molecule has 7 nitrogen and oxygen atoms in total. The van der Waals surface area contributed by atoms with Gasteiger partial charge in [0, 0.05) is 23.7 Å². The van der Waals surface area contributed by atoms with Crippen molar-refractivity contribution in [1.29, 1.82) is 0 Å². The van der Waals surface area contributed by atoms with E-state index in [9.17, 15) is 4.79 Å². The molecule has 1 unspecified atom stereocenters. The first-order chi connectivity index (χ1) is 15.3. The molecule has 1 aliphatic carbocycles. The van der Waals surface area contributed by atoms with Crippen molar-refractivity contribution in [2.45, 2.75) is 97.3 Å². The number of rotatable bonds is 6. The molecular weight excluding hydrogens is 400 g/mol. The van der Waals surface area contributed by atoms with Gasteiger partial charge in [-0.05, 0) is 81.0 Å². The summed E-state index contributed by atoms with van der Waals surface area (Å²) in [4.78, 5) is 18.6. The zero-order valence-electron chi connectivity index (χ0n) is 20.1. The van der Waals surface area contributed by atoms with Crippen molar-refractivity contribution in [3.8, 4) is 0 Å². The fourth-order valence-electron chi connectivity index (χ4n) is 5.04. The Morgan fingerprint density at radius 1 is 1.19 bits per heavy atom. The van der Waals surface area contributed by atoms with Crippen LogP contribution in [0.3, 0.4) is 0 Å². The monoisotopic (exact) mass is 436 g/mol. The molecule has 7 heteroatoms. The fourth-order valence-corrected chi connectivity index (χ4v) is 5.04. The highest BCUT2D eigenvalue weighted by molar-refractivity contribution is 5.79. The van der Waals surface area contributed by atoms with E-state index in [1.807, 2.05) is 16.8 Å². The zero-order chi connectivity index (χ0) is 22.9. The Hall–Kier alpha value is -2.54. The van der Waals surface area contributed by atoms with Crippen molar-refractivity contribution in [3.63, 3.8) is 0 Å². The van der Waals surface area contributed by atoms with Crippen LogP contribution in [0.2, 0.25) is 0 Å². The first-order valence-corrected chi connectivity index (χ1v) is 11.9. The summed E-state index contributed by atoms with van der Waals surface area (Å²) in [5, 5.41) is 13.9. The van der Waals surface area contributed by atoms with Crippen LogP contribution in [0.25, 0.3) is 10.9 Å². The molecule has 1 atom stereocenters. The van der Waals surface area contributed by atoms with Gasteiger partial charge in [-0.25, -0.2) is 4.68 Å². The van der Waals surface area contributed by atoms with Crippen molar-refractivity contribution < 1.29 is 0 Å². The van der Waals surface area contributed by atoms with Crippen LogP contribution in [0.15, 0.2) is 29.1 Å². The molecule has 0 radical (unpaired) electrons. The van der Waals surface area contributed by atoms with Crippen LogP contribution in [-0.2, 0) is 12.1 Å². The van der Waals surface area contributed by atoms with E-state index in [1.165, 1.54) is 24.8 Å². The summed E-state index contributed by atoms with van der Waals surface area (Å²) in [5.74, 6) is 0.888. The second-order valence-corrected chi connectivity index (χ2v) is 10.2. The summed E-state index contributed by atoms with van der Waals surface area (Å²) in [6.45, 7) is 11.2. The molecule has 172 valence electrons. The number of H-pyrrole nitrogens is 1. The number of aromatic amines is 1. The second-order valence-electron chi connectivity index (χ2n) is 10.2. The van der Waals surface area contributed by atoms with Crippen molar-refractivity contribution in [3.05, 3.63) is 51.6 Å². The maximum Gasteiger partial charge on any atom is 0.252 e. The van der Waals surface area contributed by atoms with E-state index in [0.717, 1.165) is 41.6 Å². The van der Waals surface area contributed by atoms with Crippen LogP contribution in [0.1, 0.15) is 89.2 Å². The highest BCUT2D eigenvalue weighted by atomic mass is 16.1. The Morgan fingerprint density at radius 2 is 1.94 bits per heavy atom. The number of hydrogen-bond donors (Lipinski definition) is 1. The van der Waals surface area contributed by atoms with Crippen molar-refractivity contribution in [2.75, 3.05) is 0 Å². The highest BCUT2D eigenvalue weighted by Gasteiger charge is 2.33. The summed E-state index contributed by atoms with van der Waals surface area (Å²) in [5.41, 5.74) is 2.67. The van der Waals surface area contributed by atoms with E-state index in [0.29, 0.717) is 12.6 Å². The highest BCUT2D eigenvalue weighted by Crippen LogP contribution is 2.34. The molecule has 0 saturated heterocycles. The average Bonchev–Trinajstić information content (AvgIpc) is 3.25. The lowest BCUT2D eigenvalue weighted by atomic mass is 9.92. The maximum absolute atomic E-state index is 13.0. The molecule has 0 bridgehead atoms. The quantitative estimate of drug-likeness (QED) is 0.597. The summed E-state index contributed by atoms with van der Waals surface area (Å²) in [7, 11) is 0. The Kier molecular flexibility index (Phi) is 6.47. The standard InChI is InChI=1S/C25H36N6O/c1-6-22(23-27-28-29-31(23)25(3,4)5)30(20-10-8-7-9-11-20)16-19-15-18-14-17(2)12-13-21(18)26-24(19)32/h12-15,20,22H,6-11,16H2,1-5H3,(H,26,32). The van der Waals surface area contributed by atoms with Crippen LogP contribution in [0.4, 0.5) is 0 Å². The van der Waals surface area contributed by atoms with Crippen molar-refractivity contribution in [1.82, 2.24) is 30.1 Å². The number of aryl methyl sites for hydroxylation is 1. The van der Waals surface area contributed by atoms with Gasteiger partial charge >= 0.3 is 0 Å². The van der Waals surface area contributed by atoms with Crippen LogP contribution < -0.4 is 5.56 Å². The Bertz CT molecular complexity index is 1120. The third-order valence-corrected chi connectivity index (χ3v) is 6.69. The molecule has 1 fully saturated rings. The van der Waals surface area contributed by atoms with Crippen LogP contribution in [0, 0.1) is 6.92 Å². The molecule has 1 aliphatic rings. The minimum atomic E-state index is -0.206. The Balaban J connectivity index is 1.76. The third kappa shape index (κ3) is 4.63. The first-order valence-electron chi connectivity index (χ1n) is 11.9. The number of tetrazole rings is 1. The third-order valence-electron chi connectivity index (χ3n) is 6.69. The van der Waals surface area contributed by atoms with Gasteiger partial charge in [-0.3, -0.25) is 9.69 Å². The lowest BCUT2D eigenvalue weighted by Crippen LogP contribution is -2.42. The molecule has 32 heavy (non-hydrogen) atoms. The minimum Gasteiger partial charge on any atom is -0.322 e. The Morgan fingerprint density at radius 3 is 2.62 bits per heavy atom. The topological polar surface area (TPSA) is 79.7 Å². The molecule has 2 aromatic heterocycles. The van der Waals surface area contributed by atoms with Crippen LogP contribution in [-0.4, -0.2) is 36.1 Å². The molecule has 1 N–H and O–H groups in total. The number of fused-ring (bicyclic) bond motifs is 1. The van der Waals surface area contributed by atoms with Gasteiger partial charge in [0.25, 0.3) is 5.56 Å². The summed E-state index contributed by atoms with van der Waals surface area (Å²) < 4.78 is 1.95. The van der Waals surface area contributed by atoms with E-state index < -0.39 is 0 Å². The molecule has 0 spiro atoms. The van der Waals surface area contributed by atoms with Gasteiger partial charge in [0.1, 0.15) is 0 Å². The normalized spacial score (nSPS) is 16.7. The van der Waals surface area contributed by atoms with E-state index >= 15 is 0 Å². The van der Waals surface area contributed by atoms with E-state index in [4.69, 9.17) is 0 Å². The number of nitrogens with zero attached hydrogens (tertiary/aromatic N) is 5. The van der Waals surface area contributed by atoms with E-state index in [1.54, 1.807) is 0 Å². The molecule has 0 amide bonds. The van der Waals surface area contributed by atoms with Gasteiger partial charge in [-0.1, -0.05) is 37.8 Å². The van der Waals surface area contributed by atoms with Gasteiger partial charge in [-0.2, -0.15) is 0 Å². The van der Waals surface area contributed by atoms with Crippen molar-refractivity contribution in [2.24, 2.45) is 0 Å². The molecule has 1 aromatic carbocycles. The maximum atomic E-state index is 13.0. The van der Waals surface area contributed by atoms with Gasteiger partial charge < -0.3 is 4.98 Å². The lowest BCUT2D eigenvalue weighted by molar-refractivity contribution is 0.0810. The van der Waals surface area contributed by atoms with E-state index in [2.05, 4.69) is 72.2 Å². The smallest absolute Gasteiger partial charge is 0.252 e. The molecular formula is C25H36N6O. The fraction of sp³-hybridized carbons (Fsp3) is 0.600. The molecule has 2 heterocycles. The first kappa shape index (κ1) is 22.6. The van der Waals surface area contributed by atoms with Crippen molar-refractivity contribution >= 4 is 10.9 Å². The Labute approximate surface area is 190 Å². The average molecular weight is 437 g/mol. The summed E-state index contributed by atoms with van der Waals surface area (Å²) in [6.07, 6.45) is 6.94. The predicted molar refractivity (Wildman–Crippen MR) is 128 cm³/mol. The minimum absolute atomic E-state index is 0.00701. The van der Waals surface area contributed by atoms with Crippen LogP contribution in [0.5, 0.6) is 0 Å². The molecule has 1 saturated carbocycles. The van der Waals surface area contributed by atoms with E-state index in [-0.39, 0.29) is 17.1 Å².